The van der Waals surface area contributed by atoms with E-state index in [2.05, 4.69) is 56.4 Å². The van der Waals surface area contributed by atoms with Crippen LogP contribution in [-0.4, -0.2) is 57.2 Å². The maximum Gasteiger partial charge on any atom is 0.255 e. The van der Waals surface area contributed by atoms with Crippen molar-refractivity contribution in [1.29, 1.82) is 0 Å². The van der Waals surface area contributed by atoms with Gasteiger partial charge >= 0.3 is 0 Å². The van der Waals surface area contributed by atoms with Crippen LogP contribution >= 0.6 is 0 Å². The Morgan fingerprint density at radius 2 is 1.65 bits per heavy atom. The van der Waals surface area contributed by atoms with Crippen LogP contribution in [0.15, 0.2) is 78.9 Å². The van der Waals surface area contributed by atoms with E-state index in [1.807, 2.05) is 42.5 Å². The summed E-state index contributed by atoms with van der Waals surface area (Å²) < 4.78 is 5.38. The van der Waals surface area contributed by atoms with Crippen molar-refractivity contribution in [3.8, 4) is 5.75 Å². The quantitative estimate of drug-likeness (QED) is 0.579. The molecule has 6 nitrogen and oxygen atoms in total. The van der Waals surface area contributed by atoms with Gasteiger partial charge in [-0.25, -0.2) is 0 Å². The van der Waals surface area contributed by atoms with Gasteiger partial charge in [-0.1, -0.05) is 48.5 Å². The number of anilines is 2. The molecule has 0 aromatic heterocycles. The molecule has 1 N–H and O–H groups in total. The molecule has 1 unspecified atom stereocenters. The van der Waals surface area contributed by atoms with Crippen LogP contribution in [0.4, 0.5) is 11.4 Å². The highest BCUT2D eigenvalue weighted by Crippen LogP contribution is 2.33. The molecule has 0 bridgehead atoms. The Labute approximate surface area is 201 Å². The normalized spacial score (nSPS) is 18.4. The number of rotatable bonds is 7. The van der Waals surface area contributed by atoms with E-state index in [0.29, 0.717) is 0 Å². The Balaban J connectivity index is 1.21. The van der Waals surface area contributed by atoms with Crippen LogP contribution in [-0.2, 0) is 0 Å². The maximum atomic E-state index is 12.8. The molecule has 6 heteroatoms. The second kappa shape index (κ2) is 10.2. The first-order chi connectivity index (χ1) is 16.7. The molecule has 0 saturated carbocycles. The van der Waals surface area contributed by atoms with Crippen LogP contribution in [0, 0.1) is 0 Å². The molecule has 1 amide bonds. The Hall–Kier alpha value is -3.51. The molecule has 5 rings (SSSR count). The fraction of sp³-hybridized carbons (Fsp3) is 0.321. The standard InChI is InChI=1S/C28H32N4O2/c1-34-24-12-7-11-23(21-24)31-19-17-30(18-20-31)15-8-16-32-26-14-6-5-13-25(26)28(33)29-27(32)22-9-3-2-4-10-22/h2-7,9-14,21,27H,8,15-20H2,1H3,(H,29,33). The Morgan fingerprint density at radius 1 is 0.882 bits per heavy atom. The number of amides is 1. The van der Waals surface area contributed by atoms with Crippen LogP contribution < -0.4 is 19.9 Å². The Kier molecular flexibility index (Phi) is 6.67. The van der Waals surface area contributed by atoms with Gasteiger partial charge in [-0.2, -0.15) is 0 Å². The molecule has 0 aliphatic carbocycles. The highest BCUT2D eigenvalue weighted by atomic mass is 16.5. The van der Waals surface area contributed by atoms with Gasteiger partial charge in [0, 0.05) is 44.5 Å². The number of para-hydroxylation sites is 1. The second-order valence-corrected chi connectivity index (χ2v) is 8.88. The topological polar surface area (TPSA) is 48.1 Å². The van der Waals surface area contributed by atoms with Gasteiger partial charge in [0.15, 0.2) is 0 Å². The first kappa shape index (κ1) is 22.3. The SMILES string of the molecule is COc1cccc(N2CCN(CCCN3c4ccccc4C(=O)NC3c3ccccc3)CC2)c1. The molecule has 2 aliphatic rings. The van der Waals surface area contributed by atoms with E-state index in [9.17, 15) is 4.79 Å². The monoisotopic (exact) mass is 456 g/mol. The summed E-state index contributed by atoms with van der Waals surface area (Å²) >= 11 is 0. The number of piperazine rings is 1. The van der Waals surface area contributed by atoms with E-state index < -0.39 is 0 Å². The first-order valence-electron chi connectivity index (χ1n) is 12.1. The number of carbonyl (C=O) groups is 1. The first-order valence-corrected chi connectivity index (χ1v) is 12.1. The number of nitrogens with zero attached hydrogens (tertiary/aromatic N) is 3. The van der Waals surface area contributed by atoms with Crippen LogP contribution in [0.5, 0.6) is 5.75 Å². The Morgan fingerprint density at radius 3 is 2.44 bits per heavy atom. The van der Waals surface area contributed by atoms with Crippen LogP contribution in [0.1, 0.15) is 28.5 Å². The molecule has 2 aliphatic heterocycles. The summed E-state index contributed by atoms with van der Waals surface area (Å²) in [7, 11) is 1.71. The number of nitrogens with one attached hydrogen (secondary N) is 1. The van der Waals surface area contributed by atoms with Crippen molar-refractivity contribution < 1.29 is 9.53 Å². The van der Waals surface area contributed by atoms with Crippen molar-refractivity contribution in [1.82, 2.24) is 10.2 Å². The summed E-state index contributed by atoms with van der Waals surface area (Å²) in [5.74, 6) is 0.899. The fourth-order valence-electron chi connectivity index (χ4n) is 4.98. The number of carbonyl (C=O) groups excluding carboxylic acids is 1. The summed E-state index contributed by atoms with van der Waals surface area (Å²) in [5.41, 5.74) is 4.10. The summed E-state index contributed by atoms with van der Waals surface area (Å²) in [5, 5.41) is 3.22. The van der Waals surface area contributed by atoms with E-state index in [-0.39, 0.29) is 12.1 Å². The van der Waals surface area contributed by atoms with E-state index in [4.69, 9.17) is 4.74 Å². The third kappa shape index (κ3) is 4.73. The van der Waals surface area contributed by atoms with Gasteiger partial charge in [-0.15, -0.1) is 0 Å². The lowest BCUT2D eigenvalue weighted by molar-refractivity contribution is 0.0926. The largest absolute Gasteiger partial charge is 0.497 e. The van der Waals surface area contributed by atoms with Crippen molar-refractivity contribution in [2.75, 3.05) is 56.2 Å². The molecule has 1 saturated heterocycles. The zero-order valence-electron chi connectivity index (χ0n) is 19.7. The van der Waals surface area contributed by atoms with Crippen LogP contribution in [0.2, 0.25) is 0 Å². The molecular formula is C28H32N4O2. The zero-order chi connectivity index (χ0) is 23.3. The molecule has 34 heavy (non-hydrogen) atoms. The van der Waals surface area contributed by atoms with E-state index in [1.165, 1.54) is 5.69 Å². The molecule has 2 heterocycles. The number of benzene rings is 3. The van der Waals surface area contributed by atoms with Crippen molar-refractivity contribution in [2.24, 2.45) is 0 Å². The average Bonchev–Trinajstić information content (AvgIpc) is 2.91. The van der Waals surface area contributed by atoms with Crippen LogP contribution in [0.3, 0.4) is 0 Å². The summed E-state index contributed by atoms with van der Waals surface area (Å²) in [6, 6.07) is 26.5. The molecular weight excluding hydrogens is 424 g/mol. The number of hydrogen-bond acceptors (Lipinski definition) is 5. The summed E-state index contributed by atoms with van der Waals surface area (Å²) in [4.78, 5) is 20.1. The lowest BCUT2D eigenvalue weighted by atomic mass is 10.0. The fourth-order valence-corrected chi connectivity index (χ4v) is 4.98. The van der Waals surface area contributed by atoms with Gasteiger partial charge < -0.3 is 19.9 Å². The summed E-state index contributed by atoms with van der Waals surface area (Å²) in [6.45, 7) is 6.05. The minimum Gasteiger partial charge on any atom is -0.497 e. The predicted molar refractivity (Wildman–Crippen MR) is 137 cm³/mol. The smallest absolute Gasteiger partial charge is 0.255 e. The molecule has 1 fully saturated rings. The van der Waals surface area contributed by atoms with Crippen molar-refractivity contribution in [3.63, 3.8) is 0 Å². The number of hydrogen-bond donors (Lipinski definition) is 1. The van der Waals surface area contributed by atoms with Gasteiger partial charge in [0.1, 0.15) is 11.9 Å². The highest BCUT2D eigenvalue weighted by molar-refractivity contribution is 6.02. The third-order valence-corrected chi connectivity index (χ3v) is 6.82. The van der Waals surface area contributed by atoms with Crippen LogP contribution in [0.25, 0.3) is 0 Å². The molecule has 176 valence electrons. The number of ether oxygens (including phenoxy) is 1. The molecule has 0 radical (unpaired) electrons. The molecule has 1 atom stereocenters. The van der Waals surface area contributed by atoms with Gasteiger partial charge in [0.05, 0.1) is 18.4 Å². The number of fused-ring (bicyclic) bond motifs is 1. The van der Waals surface area contributed by atoms with Crippen molar-refractivity contribution >= 4 is 17.3 Å². The average molecular weight is 457 g/mol. The minimum atomic E-state index is -0.145. The number of methoxy groups -OCH3 is 1. The molecule has 3 aromatic carbocycles. The summed E-state index contributed by atoms with van der Waals surface area (Å²) in [6.07, 6.45) is 0.890. The molecule has 0 spiro atoms. The van der Waals surface area contributed by atoms with Gasteiger partial charge in [0.25, 0.3) is 5.91 Å². The van der Waals surface area contributed by atoms with Gasteiger partial charge in [0.2, 0.25) is 0 Å². The van der Waals surface area contributed by atoms with Crippen molar-refractivity contribution in [2.45, 2.75) is 12.6 Å². The highest BCUT2D eigenvalue weighted by Gasteiger charge is 2.31. The predicted octanol–water partition coefficient (Wildman–Crippen LogP) is 4.16. The lowest BCUT2D eigenvalue weighted by Gasteiger charge is -2.40. The minimum absolute atomic E-state index is 0.00522. The lowest BCUT2D eigenvalue weighted by Crippen LogP contribution is -2.49. The van der Waals surface area contributed by atoms with Crippen molar-refractivity contribution in [3.05, 3.63) is 90.0 Å². The maximum absolute atomic E-state index is 12.8. The second-order valence-electron chi connectivity index (χ2n) is 8.88. The third-order valence-electron chi connectivity index (χ3n) is 6.82. The Bertz CT molecular complexity index is 1110. The van der Waals surface area contributed by atoms with E-state index in [1.54, 1.807) is 7.11 Å². The zero-order valence-corrected chi connectivity index (χ0v) is 19.7. The van der Waals surface area contributed by atoms with Gasteiger partial charge in [-0.3, -0.25) is 9.69 Å². The molecule has 3 aromatic rings. The van der Waals surface area contributed by atoms with E-state index in [0.717, 1.165) is 68.3 Å². The van der Waals surface area contributed by atoms with E-state index >= 15 is 0 Å². The van der Waals surface area contributed by atoms with Gasteiger partial charge in [-0.05, 0) is 42.8 Å².